The molecule has 0 fully saturated rings. The Bertz CT molecular complexity index is 1020. The fraction of sp³-hybridized carbons (Fsp3) is 0.269. The van der Waals surface area contributed by atoms with Crippen molar-refractivity contribution in [3.63, 3.8) is 0 Å². The van der Waals surface area contributed by atoms with E-state index in [2.05, 4.69) is 0 Å². The van der Waals surface area contributed by atoms with Crippen LogP contribution >= 0.6 is 0 Å². The van der Waals surface area contributed by atoms with Crippen LogP contribution < -0.4 is 0 Å². The molecule has 0 atom stereocenters. The monoisotopic (exact) mass is 386 g/mol. The zero-order chi connectivity index (χ0) is 20.8. The number of aromatic hydroxyl groups is 2. The highest BCUT2D eigenvalue weighted by atomic mass is 16.3. The minimum atomic E-state index is -0.630. The van der Waals surface area contributed by atoms with Crippen molar-refractivity contribution in [2.24, 2.45) is 5.41 Å². The van der Waals surface area contributed by atoms with Crippen LogP contribution in [0.5, 0.6) is 11.5 Å². The minimum Gasteiger partial charge on any atom is -0.508 e. The first-order chi connectivity index (χ1) is 13.8. The lowest BCUT2D eigenvalue weighted by molar-refractivity contribution is 0.0816. The van der Waals surface area contributed by atoms with Gasteiger partial charge in [0.25, 0.3) is 0 Å². The average molecular weight is 386 g/mol. The van der Waals surface area contributed by atoms with Gasteiger partial charge in [-0.2, -0.15) is 0 Å². The number of rotatable bonds is 4. The number of benzene rings is 3. The number of phenols is 2. The van der Waals surface area contributed by atoms with Crippen molar-refractivity contribution in [1.82, 2.24) is 0 Å². The van der Waals surface area contributed by atoms with Crippen molar-refractivity contribution in [3.05, 3.63) is 93.5 Å². The van der Waals surface area contributed by atoms with Crippen LogP contribution in [0.15, 0.2) is 54.6 Å². The maximum absolute atomic E-state index is 13.8. The van der Waals surface area contributed by atoms with Gasteiger partial charge in [-0.3, -0.25) is 4.79 Å². The number of ketones is 1. The van der Waals surface area contributed by atoms with Crippen LogP contribution in [0.3, 0.4) is 0 Å². The zero-order valence-electron chi connectivity index (χ0n) is 17.1. The molecule has 0 spiro atoms. The first kappa shape index (κ1) is 19.3. The van der Waals surface area contributed by atoms with Gasteiger partial charge in [0.05, 0.1) is 0 Å². The summed E-state index contributed by atoms with van der Waals surface area (Å²) in [7, 11) is 0. The number of hydrogen-bond donors (Lipinski definition) is 2. The van der Waals surface area contributed by atoms with Gasteiger partial charge in [0.1, 0.15) is 11.5 Å². The van der Waals surface area contributed by atoms with E-state index in [0.717, 1.165) is 38.9 Å². The van der Waals surface area contributed by atoms with Crippen molar-refractivity contribution >= 4 is 5.78 Å². The maximum Gasteiger partial charge on any atom is 0.170 e. The molecule has 3 heteroatoms. The third kappa shape index (κ3) is 3.65. The summed E-state index contributed by atoms with van der Waals surface area (Å²) in [6, 6.07) is 17.1. The molecule has 0 aliphatic heterocycles. The van der Waals surface area contributed by atoms with Crippen LogP contribution in [-0.2, 0) is 19.3 Å². The standard InChI is InChI=1S/C26H26O3/c1-16-7-19(11-22(27)9-16)13-26(14-20-8-17(2)10-23(28)12-20)15-21-6-4-5-18(3)24(21)25(26)29/h4-12,27-28H,13-15H2,1-3H3. The number of carbonyl (C=O) groups is 1. The van der Waals surface area contributed by atoms with Crippen LogP contribution in [-0.4, -0.2) is 16.0 Å². The largest absolute Gasteiger partial charge is 0.508 e. The molecule has 0 aromatic heterocycles. The molecule has 0 heterocycles. The van der Waals surface area contributed by atoms with Crippen molar-refractivity contribution in [3.8, 4) is 11.5 Å². The van der Waals surface area contributed by atoms with E-state index in [9.17, 15) is 15.0 Å². The number of hydrogen-bond acceptors (Lipinski definition) is 3. The van der Waals surface area contributed by atoms with Gasteiger partial charge in [0, 0.05) is 11.0 Å². The van der Waals surface area contributed by atoms with Gasteiger partial charge < -0.3 is 10.2 Å². The minimum absolute atomic E-state index is 0.160. The summed E-state index contributed by atoms with van der Waals surface area (Å²) in [6.07, 6.45) is 1.75. The van der Waals surface area contributed by atoms with E-state index in [0.29, 0.717) is 19.3 Å². The van der Waals surface area contributed by atoms with Crippen LogP contribution in [0.2, 0.25) is 0 Å². The number of fused-ring (bicyclic) bond motifs is 1. The molecule has 0 unspecified atom stereocenters. The van der Waals surface area contributed by atoms with Crippen LogP contribution in [0.4, 0.5) is 0 Å². The molecule has 0 bridgehead atoms. The Morgan fingerprint density at radius 2 is 1.38 bits per heavy atom. The van der Waals surface area contributed by atoms with E-state index in [-0.39, 0.29) is 17.3 Å². The van der Waals surface area contributed by atoms with Crippen LogP contribution in [0, 0.1) is 26.2 Å². The molecule has 3 nitrogen and oxygen atoms in total. The van der Waals surface area contributed by atoms with Gasteiger partial charge in [0.15, 0.2) is 5.78 Å². The molecular formula is C26H26O3. The summed E-state index contributed by atoms with van der Waals surface area (Å²) in [5, 5.41) is 20.2. The predicted octanol–water partition coefficient (Wildman–Crippen LogP) is 5.23. The molecule has 2 N–H and O–H groups in total. The smallest absolute Gasteiger partial charge is 0.170 e. The summed E-state index contributed by atoms with van der Waals surface area (Å²) in [5.74, 6) is 0.609. The first-order valence-corrected chi connectivity index (χ1v) is 9.98. The quantitative estimate of drug-likeness (QED) is 0.645. The average Bonchev–Trinajstić information content (AvgIpc) is 2.86. The van der Waals surface area contributed by atoms with Crippen molar-refractivity contribution in [1.29, 1.82) is 0 Å². The molecule has 3 aromatic rings. The second-order valence-corrected chi connectivity index (χ2v) is 8.60. The fourth-order valence-electron chi connectivity index (χ4n) is 4.93. The summed E-state index contributed by atoms with van der Waals surface area (Å²) in [6.45, 7) is 5.89. The topological polar surface area (TPSA) is 57.5 Å². The van der Waals surface area contributed by atoms with E-state index in [1.807, 2.05) is 51.1 Å². The molecule has 1 aliphatic rings. The van der Waals surface area contributed by atoms with Gasteiger partial charge in [-0.05, 0) is 97.7 Å². The highest BCUT2D eigenvalue weighted by Crippen LogP contribution is 2.44. The van der Waals surface area contributed by atoms with E-state index >= 15 is 0 Å². The zero-order valence-corrected chi connectivity index (χ0v) is 17.1. The Hall–Kier alpha value is -3.07. The summed E-state index contributed by atoms with van der Waals surface area (Å²) in [4.78, 5) is 13.8. The van der Waals surface area contributed by atoms with Gasteiger partial charge in [-0.1, -0.05) is 30.3 Å². The van der Waals surface area contributed by atoms with E-state index in [1.54, 1.807) is 24.3 Å². The van der Waals surface area contributed by atoms with Gasteiger partial charge in [0.2, 0.25) is 0 Å². The van der Waals surface area contributed by atoms with Crippen LogP contribution in [0.1, 0.15) is 43.7 Å². The third-order valence-electron chi connectivity index (χ3n) is 5.93. The molecule has 1 aliphatic carbocycles. The molecule has 29 heavy (non-hydrogen) atoms. The van der Waals surface area contributed by atoms with E-state index in [1.165, 1.54) is 0 Å². The van der Waals surface area contributed by atoms with Crippen molar-refractivity contribution < 1.29 is 15.0 Å². The third-order valence-corrected chi connectivity index (χ3v) is 5.93. The second kappa shape index (κ2) is 7.07. The molecule has 4 rings (SSSR count). The Labute approximate surface area is 171 Å². The fourth-order valence-corrected chi connectivity index (χ4v) is 4.93. The summed E-state index contributed by atoms with van der Waals surface area (Å²) < 4.78 is 0. The summed E-state index contributed by atoms with van der Waals surface area (Å²) in [5.41, 5.74) is 6.16. The first-order valence-electron chi connectivity index (χ1n) is 9.98. The lowest BCUT2D eigenvalue weighted by Gasteiger charge is -2.28. The molecule has 0 radical (unpaired) electrons. The molecular weight excluding hydrogens is 360 g/mol. The lowest BCUT2D eigenvalue weighted by atomic mass is 9.73. The number of Topliss-reactive ketones (excluding diaryl/α,β-unsaturated/α-hetero) is 1. The Kier molecular flexibility index (Phi) is 4.70. The Morgan fingerprint density at radius 3 is 1.86 bits per heavy atom. The molecule has 148 valence electrons. The SMILES string of the molecule is Cc1cc(O)cc(CC2(Cc3cc(C)cc(O)c3)Cc3cccc(C)c3C2=O)c1. The second-order valence-electron chi connectivity index (χ2n) is 8.60. The van der Waals surface area contributed by atoms with Gasteiger partial charge in [-0.25, -0.2) is 0 Å². The Morgan fingerprint density at radius 1 is 0.828 bits per heavy atom. The molecule has 0 saturated carbocycles. The number of carbonyl (C=O) groups excluding carboxylic acids is 1. The maximum atomic E-state index is 13.8. The highest BCUT2D eigenvalue weighted by molar-refractivity contribution is 6.06. The van der Waals surface area contributed by atoms with E-state index in [4.69, 9.17) is 0 Å². The normalized spacial score (nSPS) is 14.8. The van der Waals surface area contributed by atoms with E-state index < -0.39 is 5.41 Å². The summed E-state index contributed by atoms with van der Waals surface area (Å²) >= 11 is 0. The van der Waals surface area contributed by atoms with Crippen LogP contribution in [0.25, 0.3) is 0 Å². The Balaban J connectivity index is 1.81. The van der Waals surface area contributed by atoms with Gasteiger partial charge >= 0.3 is 0 Å². The molecule has 0 amide bonds. The number of phenolic OH excluding ortho intramolecular Hbond substituents is 2. The van der Waals surface area contributed by atoms with Crippen molar-refractivity contribution in [2.45, 2.75) is 40.0 Å². The predicted molar refractivity (Wildman–Crippen MR) is 115 cm³/mol. The molecule has 3 aromatic carbocycles. The molecule has 0 saturated heterocycles. The van der Waals surface area contributed by atoms with Gasteiger partial charge in [-0.15, -0.1) is 0 Å². The lowest BCUT2D eigenvalue weighted by Crippen LogP contribution is -2.33. The number of aryl methyl sites for hydroxylation is 3. The highest BCUT2D eigenvalue weighted by Gasteiger charge is 2.46. The van der Waals surface area contributed by atoms with Crippen molar-refractivity contribution in [2.75, 3.05) is 0 Å².